The summed E-state index contributed by atoms with van der Waals surface area (Å²) in [5.41, 5.74) is 2.27. The molecule has 0 atom stereocenters. The van der Waals surface area contributed by atoms with Gasteiger partial charge in [0, 0.05) is 38.3 Å². The minimum atomic E-state index is 0.189. The summed E-state index contributed by atoms with van der Waals surface area (Å²) in [6.45, 7) is 11.7. The maximum atomic E-state index is 12.5. The summed E-state index contributed by atoms with van der Waals surface area (Å²) in [6, 6.07) is 8.19. The van der Waals surface area contributed by atoms with Gasteiger partial charge in [0.25, 0.3) is 0 Å². The van der Waals surface area contributed by atoms with Crippen molar-refractivity contribution in [1.29, 1.82) is 0 Å². The van der Waals surface area contributed by atoms with Crippen molar-refractivity contribution >= 4 is 17.7 Å². The molecule has 1 fully saturated rings. The van der Waals surface area contributed by atoms with Crippen LogP contribution in [0, 0.1) is 6.92 Å². The highest BCUT2D eigenvalue weighted by molar-refractivity contribution is 7.99. The monoisotopic (exact) mass is 373 g/mol. The molecule has 0 saturated carbocycles. The lowest BCUT2D eigenvalue weighted by Crippen LogP contribution is -2.49. The predicted molar refractivity (Wildman–Crippen MR) is 105 cm³/mol. The lowest BCUT2D eigenvalue weighted by Gasteiger charge is -2.34. The molecule has 1 aromatic carbocycles. The quantitative estimate of drug-likeness (QED) is 0.729. The van der Waals surface area contributed by atoms with Gasteiger partial charge in [0.05, 0.1) is 5.75 Å². The van der Waals surface area contributed by atoms with Gasteiger partial charge in [-0.25, -0.2) is 0 Å². The summed E-state index contributed by atoms with van der Waals surface area (Å²) in [5, 5.41) is 9.55. The first-order valence-electron chi connectivity index (χ1n) is 9.26. The van der Waals surface area contributed by atoms with Gasteiger partial charge >= 0.3 is 0 Å². The molecular weight excluding hydrogens is 346 g/mol. The molecule has 1 aromatic heterocycles. The van der Waals surface area contributed by atoms with Gasteiger partial charge in [-0.15, -0.1) is 10.2 Å². The number of piperazine rings is 1. The fourth-order valence-corrected chi connectivity index (χ4v) is 4.14. The Morgan fingerprint density at radius 3 is 2.46 bits per heavy atom. The SMILES string of the molecule is CCN1CCN(C(=O)CSc2nnc(-c3ccccc3C)n2CC)CC1. The third-order valence-corrected chi connectivity index (χ3v) is 5.87. The van der Waals surface area contributed by atoms with Crippen molar-refractivity contribution in [2.24, 2.45) is 0 Å². The van der Waals surface area contributed by atoms with E-state index < -0.39 is 0 Å². The van der Waals surface area contributed by atoms with Gasteiger partial charge in [0.2, 0.25) is 5.91 Å². The maximum absolute atomic E-state index is 12.5. The van der Waals surface area contributed by atoms with Crippen LogP contribution in [0.5, 0.6) is 0 Å². The van der Waals surface area contributed by atoms with Crippen molar-refractivity contribution < 1.29 is 4.79 Å². The van der Waals surface area contributed by atoms with Gasteiger partial charge in [0.15, 0.2) is 11.0 Å². The van der Waals surface area contributed by atoms with E-state index in [0.717, 1.165) is 55.8 Å². The smallest absolute Gasteiger partial charge is 0.233 e. The van der Waals surface area contributed by atoms with E-state index in [9.17, 15) is 4.79 Å². The Morgan fingerprint density at radius 1 is 1.08 bits per heavy atom. The van der Waals surface area contributed by atoms with E-state index in [4.69, 9.17) is 0 Å². The number of aryl methyl sites for hydroxylation is 1. The minimum Gasteiger partial charge on any atom is -0.339 e. The number of hydrogen-bond acceptors (Lipinski definition) is 5. The van der Waals surface area contributed by atoms with E-state index >= 15 is 0 Å². The Morgan fingerprint density at radius 2 is 1.81 bits per heavy atom. The van der Waals surface area contributed by atoms with Crippen molar-refractivity contribution in [1.82, 2.24) is 24.6 Å². The predicted octanol–water partition coefficient (Wildman–Crippen LogP) is 2.53. The molecule has 6 nitrogen and oxygen atoms in total. The molecule has 0 radical (unpaired) electrons. The van der Waals surface area contributed by atoms with Crippen LogP contribution in [0.4, 0.5) is 0 Å². The van der Waals surface area contributed by atoms with Gasteiger partial charge < -0.3 is 14.4 Å². The average molecular weight is 374 g/mol. The molecule has 0 unspecified atom stereocenters. The number of benzene rings is 1. The van der Waals surface area contributed by atoms with Crippen molar-refractivity contribution in [3.63, 3.8) is 0 Å². The molecule has 2 heterocycles. The third-order valence-electron chi connectivity index (χ3n) is 4.92. The van der Waals surface area contributed by atoms with E-state index in [1.807, 2.05) is 17.0 Å². The van der Waals surface area contributed by atoms with Crippen molar-refractivity contribution in [3.8, 4) is 11.4 Å². The first kappa shape index (κ1) is 18.9. The first-order valence-corrected chi connectivity index (χ1v) is 10.2. The van der Waals surface area contributed by atoms with Gasteiger partial charge in [0.1, 0.15) is 0 Å². The van der Waals surface area contributed by atoms with Crippen LogP contribution < -0.4 is 0 Å². The van der Waals surface area contributed by atoms with Crippen LogP contribution in [0.15, 0.2) is 29.4 Å². The number of hydrogen-bond donors (Lipinski definition) is 0. The molecule has 0 aliphatic carbocycles. The lowest BCUT2D eigenvalue weighted by atomic mass is 10.1. The summed E-state index contributed by atoms with van der Waals surface area (Å²) in [6.07, 6.45) is 0. The Bertz CT molecular complexity index is 752. The normalized spacial score (nSPS) is 15.4. The molecule has 140 valence electrons. The van der Waals surface area contributed by atoms with E-state index in [-0.39, 0.29) is 5.91 Å². The van der Waals surface area contributed by atoms with Crippen molar-refractivity contribution in [3.05, 3.63) is 29.8 Å². The van der Waals surface area contributed by atoms with Gasteiger partial charge in [-0.1, -0.05) is 43.0 Å². The highest BCUT2D eigenvalue weighted by Crippen LogP contribution is 2.26. The fraction of sp³-hybridized carbons (Fsp3) is 0.526. The number of aromatic nitrogens is 3. The van der Waals surface area contributed by atoms with Crippen LogP contribution in [0.3, 0.4) is 0 Å². The topological polar surface area (TPSA) is 54.3 Å². The molecule has 1 aliphatic rings. The molecule has 26 heavy (non-hydrogen) atoms. The molecule has 3 rings (SSSR count). The summed E-state index contributed by atoms with van der Waals surface area (Å²) in [4.78, 5) is 16.9. The molecular formula is C19H27N5OS. The van der Waals surface area contributed by atoms with Crippen molar-refractivity contribution in [2.75, 3.05) is 38.5 Å². The number of amides is 1. The zero-order valence-electron chi connectivity index (χ0n) is 15.8. The number of likely N-dealkylation sites (N-methyl/N-ethyl adjacent to an activating group) is 1. The second-order valence-electron chi connectivity index (χ2n) is 6.47. The minimum absolute atomic E-state index is 0.189. The van der Waals surface area contributed by atoms with E-state index in [0.29, 0.717) is 5.75 Å². The maximum Gasteiger partial charge on any atom is 0.233 e. The molecule has 0 spiro atoms. The summed E-state index contributed by atoms with van der Waals surface area (Å²) < 4.78 is 2.09. The number of thioether (sulfide) groups is 1. The summed E-state index contributed by atoms with van der Waals surface area (Å²) in [5.74, 6) is 1.48. The van der Waals surface area contributed by atoms with E-state index in [1.165, 1.54) is 17.3 Å². The van der Waals surface area contributed by atoms with Crippen LogP contribution in [0.1, 0.15) is 19.4 Å². The number of carbonyl (C=O) groups excluding carboxylic acids is 1. The number of carbonyl (C=O) groups is 1. The standard InChI is InChI=1S/C19H27N5OS/c1-4-22-10-12-23(13-11-22)17(25)14-26-19-21-20-18(24(19)5-2)16-9-7-6-8-15(16)3/h6-9H,4-5,10-14H2,1-3H3. The lowest BCUT2D eigenvalue weighted by molar-refractivity contribution is -0.130. The summed E-state index contributed by atoms with van der Waals surface area (Å²) in [7, 11) is 0. The molecule has 0 bridgehead atoms. The Balaban J connectivity index is 1.66. The van der Waals surface area contributed by atoms with Gasteiger partial charge in [-0.05, 0) is 26.0 Å². The van der Waals surface area contributed by atoms with E-state index in [1.54, 1.807) is 0 Å². The third kappa shape index (κ3) is 4.10. The van der Waals surface area contributed by atoms with Crippen LogP contribution in [-0.2, 0) is 11.3 Å². The Kier molecular flexibility index (Phi) is 6.32. The van der Waals surface area contributed by atoms with Gasteiger partial charge in [-0.3, -0.25) is 4.79 Å². The average Bonchev–Trinajstić information content (AvgIpc) is 3.09. The Hall–Kier alpha value is -1.86. The molecule has 2 aromatic rings. The zero-order valence-corrected chi connectivity index (χ0v) is 16.6. The number of rotatable bonds is 6. The van der Waals surface area contributed by atoms with Crippen LogP contribution in [-0.4, -0.2) is 68.9 Å². The second kappa shape index (κ2) is 8.68. The second-order valence-corrected chi connectivity index (χ2v) is 7.41. The van der Waals surface area contributed by atoms with E-state index in [2.05, 4.69) is 52.6 Å². The van der Waals surface area contributed by atoms with Crippen LogP contribution in [0.2, 0.25) is 0 Å². The molecule has 1 saturated heterocycles. The Labute approximate surface area is 159 Å². The zero-order chi connectivity index (χ0) is 18.5. The highest BCUT2D eigenvalue weighted by Gasteiger charge is 2.21. The highest BCUT2D eigenvalue weighted by atomic mass is 32.2. The van der Waals surface area contributed by atoms with Crippen LogP contribution in [0.25, 0.3) is 11.4 Å². The molecule has 1 aliphatic heterocycles. The summed E-state index contributed by atoms with van der Waals surface area (Å²) >= 11 is 1.49. The number of nitrogens with zero attached hydrogens (tertiary/aromatic N) is 5. The van der Waals surface area contributed by atoms with Crippen LogP contribution >= 0.6 is 11.8 Å². The molecule has 0 N–H and O–H groups in total. The van der Waals surface area contributed by atoms with Gasteiger partial charge in [-0.2, -0.15) is 0 Å². The molecule has 1 amide bonds. The largest absolute Gasteiger partial charge is 0.339 e. The van der Waals surface area contributed by atoms with Crippen molar-refractivity contribution in [2.45, 2.75) is 32.5 Å². The molecule has 7 heteroatoms. The first-order chi connectivity index (χ1) is 12.6. The fourth-order valence-electron chi connectivity index (χ4n) is 3.23.